The SMILES string of the molecule is CCCCNC(=O)C(CC)N(Cc1ccc(Cl)c(Cl)c1)C(=O)CN(c1ccc(Oc2ccccc2)cc1)S(=O)(=O)c1ccccc1. The number of unbranched alkanes of at least 4 members (excludes halogenated alkanes) is 1. The quantitative estimate of drug-likeness (QED) is 0.130. The van der Waals surface area contributed by atoms with Crippen molar-refractivity contribution in [3.8, 4) is 11.5 Å². The summed E-state index contributed by atoms with van der Waals surface area (Å²) in [6.07, 6.45) is 1.99. The lowest BCUT2D eigenvalue weighted by Crippen LogP contribution is -2.52. The van der Waals surface area contributed by atoms with Crippen LogP contribution in [0.3, 0.4) is 0 Å². The molecule has 0 aliphatic heterocycles. The van der Waals surface area contributed by atoms with Crippen LogP contribution in [0, 0.1) is 0 Å². The number of nitrogens with one attached hydrogen (secondary N) is 1. The smallest absolute Gasteiger partial charge is 0.264 e. The first kappa shape index (κ1) is 34.8. The number of sulfonamides is 1. The van der Waals surface area contributed by atoms with Crippen LogP contribution in [0.4, 0.5) is 5.69 Å². The molecule has 4 aromatic carbocycles. The van der Waals surface area contributed by atoms with Crippen LogP contribution in [0.1, 0.15) is 38.7 Å². The molecule has 11 heteroatoms. The molecular formula is C35H37Cl2N3O5S. The molecule has 1 unspecified atom stereocenters. The van der Waals surface area contributed by atoms with Crippen molar-refractivity contribution >= 4 is 50.7 Å². The highest BCUT2D eigenvalue weighted by Crippen LogP contribution is 2.29. The minimum atomic E-state index is -4.20. The molecule has 0 saturated carbocycles. The number of nitrogens with zero attached hydrogens (tertiary/aromatic N) is 2. The molecule has 242 valence electrons. The van der Waals surface area contributed by atoms with E-state index < -0.39 is 28.5 Å². The molecule has 8 nitrogen and oxygen atoms in total. The van der Waals surface area contributed by atoms with Crippen LogP contribution in [-0.2, 0) is 26.2 Å². The van der Waals surface area contributed by atoms with Crippen molar-refractivity contribution in [2.45, 2.75) is 50.6 Å². The number of halogens is 2. The molecule has 0 radical (unpaired) electrons. The van der Waals surface area contributed by atoms with Crippen molar-refractivity contribution in [3.05, 3.63) is 119 Å². The van der Waals surface area contributed by atoms with Gasteiger partial charge in [-0.2, -0.15) is 0 Å². The average molecular weight is 683 g/mol. The fourth-order valence-electron chi connectivity index (χ4n) is 4.81. The third-order valence-electron chi connectivity index (χ3n) is 7.27. The van der Waals surface area contributed by atoms with Crippen LogP contribution in [0.25, 0.3) is 0 Å². The van der Waals surface area contributed by atoms with Crippen LogP contribution in [-0.4, -0.2) is 44.3 Å². The Morgan fingerprint density at radius 1 is 0.826 bits per heavy atom. The van der Waals surface area contributed by atoms with E-state index >= 15 is 0 Å². The van der Waals surface area contributed by atoms with Gasteiger partial charge in [-0.1, -0.05) is 85.9 Å². The van der Waals surface area contributed by atoms with Crippen LogP contribution >= 0.6 is 23.2 Å². The maximum atomic E-state index is 14.3. The second-order valence-electron chi connectivity index (χ2n) is 10.6. The molecule has 0 spiro atoms. The highest BCUT2D eigenvalue weighted by atomic mass is 35.5. The van der Waals surface area contributed by atoms with Gasteiger partial charge in [-0.25, -0.2) is 8.42 Å². The van der Waals surface area contributed by atoms with Crippen LogP contribution < -0.4 is 14.4 Å². The first-order chi connectivity index (χ1) is 22.1. The first-order valence-corrected chi connectivity index (χ1v) is 17.3. The van der Waals surface area contributed by atoms with Gasteiger partial charge in [0.1, 0.15) is 24.1 Å². The van der Waals surface area contributed by atoms with E-state index in [9.17, 15) is 18.0 Å². The summed E-state index contributed by atoms with van der Waals surface area (Å²) in [7, 11) is -4.20. The summed E-state index contributed by atoms with van der Waals surface area (Å²) >= 11 is 12.4. The van der Waals surface area contributed by atoms with E-state index in [2.05, 4.69) is 5.32 Å². The fraction of sp³-hybridized carbons (Fsp3) is 0.257. The van der Waals surface area contributed by atoms with E-state index in [1.54, 1.807) is 60.7 Å². The summed E-state index contributed by atoms with van der Waals surface area (Å²) in [5.41, 5.74) is 0.898. The van der Waals surface area contributed by atoms with Gasteiger partial charge in [0, 0.05) is 13.1 Å². The third-order valence-corrected chi connectivity index (χ3v) is 9.79. The van der Waals surface area contributed by atoms with Crippen LogP contribution in [0.5, 0.6) is 11.5 Å². The first-order valence-electron chi connectivity index (χ1n) is 15.1. The average Bonchev–Trinajstić information content (AvgIpc) is 3.06. The van der Waals surface area contributed by atoms with Gasteiger partial charge < -0.3 is 15.0 Å². The van der Waals surface area contributed by atoms with Gasteiger partial charge in [-0.05, 0) is 79.1 Å². The predicted octanol–water partition coefficient (Wildman–Crippen LogP) is 7.70. The van der Waals surface area contributed by atoms with Gasteiger partial charge in [0.15, 0.2) is 0 Å². The Morgan fingerprint density at radius 2 is 1.46 bits per heavy atom. The minimum absolute atomic E-state index is 0.0124. The number of anilines is 1. The lowest BCUT2D eigenvalue weighted by molar-refractivity contribution is -0.140. The van der Waals surface area contributed by atoms with Crippen molar-refractivity contribution in [2.75, 3.05) is 17.4 Å². The number of ether oxygens (including phenoxy) is 1. The molecule has 4 rings (SSSR count). The summed E-state index contributed by atoms with van der Waals surface area (Å²) in [5, 5.41) is 3.58. The highest BCUT2D eigenvalue weighted by molar-refractivity contribution is 7.92. The number of carbonyl (C=O) groups excluding carboxylic acids is 2. The van der Waals surface area contributed by atoms with E-state index in [1.165, 1.54) is 17.0 Å². The van der Waals surface area contributed by atoms with Gasteiger partial charge >= 0.3 is 0 Å². The van der Waals surface area contributed by atoms with Gasteiger partial charge in [-0.15, -0.1) is 0 Å². The van der Waals surface area contributed by atoms with E-state index in [0.717, 1.165) is 17.1 Å². The number of benzene rings is 4. The molecule has 46 heavy (non-hydrogen) atoms. The maximum absolute atomic E-state index is 14.3. The van der Waals surface area contributed by atoms with Crippen molar-refractivity contribution in [2.24, 2.45) is 0 Å². The zero-order valence-electron chi connectivity index (χ0n) is 25.7. The largest absolute Gasteiger partial charge is 0.457 e. The number of amides is 2. The lowest BCUT2D eigenvalue weighted by Gasteiger charge is -2.33. The summed E-state index contributed by atoms with van der Waals surface area (Å²) in [5.74, 6) is 0.242. The Labute approximate surface area is 280 Å². The summed E-state index contributed by atoms with van der Waals surface area (Å²) in [4.78, 5) is 29.1. The second kappa shape index (κ2) is 16.5. The molecule has 0 heterocycles. The highest BCUT2D eigenvalue weighted by Gasteiger charge is 2.33. The van der Waals surface area contributed by atoms with E-state index in [0.29, 0.717) is 40.1 Å². The molecule has 0 fully saturated rings. The Bertz CT molecular complexity index is 1710. The number of rotatable bonds is 15. The summed E-state index contributed by atoms with van der Waals surface area (Å²) in [6.45, 7) is 3.75. The van der Waals surface area contributed by atoms with E-state index in [-0.39, 0.29) is 23.0 Å². The Balaban J connectivity index is 1.71. The van der Waals surface area contributed by atoms with Gasteiger partial charge in [-0.3, -0.25) is 13.9 Å². The van der Waals surface area contributed by atoms with E-state index in [1.807, 2.05) is 44.2 Å². The van der Waals surface area contributed by atoms with Crippen LogP contribution in [0.2, 0.25) is 10.0 Å². The van der Waals surface area contributed by atoms with Crippen molar-refractivity contribution in [1.29, 1.82) is 0 Å². The number of carbonyl (C=O) groups is 2. The molecule has 0 saturated heterocycles. The summed E-state index contributed by atoms with van der Waals surface area (Å²) in [6, 6.07) is 27.7. The molecule has 1 N–H and O–H groups in total. The third kappa shape index (κ3) is 9.02. The van der Waals surface area contributed by atoms with Crippen molar-refractivity contribution < 1.29 is 22.7 Å². The van der Waals surface area contributed by atoms with Crippen LogP contribution in [0.15, 0.2) is 108 Å². The predicted molar refractivity (Wildman–Crippen MR) is 183 cm³/mol. The standard InChI is InChI=1S/C35H37Cl2N3O5S/c1-3-5-22-38-35(42)33(4-2)39(24-26-16-21-31(36)32(37)23-26)34(41)25-40(46(43,44)30-14-10-7-11-15-30)27-17-19-29(20-18-27)45-28-12-8-6-9-13-28/h6-21,23,33H,3-5,22,24-25H2,1-2H3,(H,38,42). The number of hydrogen-bond acceptors (Lipinski definition) is 5. The molecule has 0 bridgehead atoms. The molecular weight excluding hydrogens is 645 g/mol. The minimum Gasteiger partial charge on any atom is -0.457 e. The van der Waals surface area contributed by atoms with Crippen molar-refractivity contribution in [3.63, 3.8) is 0 Å². The molecule has 2 amide bonds. The van der Waals surface area contributed by atoms with Crippen molar-refractivity contribution in [1.82, 2.24) is 10.2 Å². The lowest BCUT2D eigenvalue weighted by atomic mass is 10.1. The van der Waals surface area contributed by atoms with E-state index in [4.69, 9.17) is 27.9 Å². The molecule has 4 aromatic rings. The van der Waals surface area contributed by atoms with Gasteiger partial charge in [0.2, 0.25) is 11.8 Å². The van der Waals surface area contributed by atoms with Gasteiger partial charge in [0.05, 0.1) is 20.6 Å². The normalized spacial score (nSPS) is 11.8. The molecule has 0 aliphatic rings. The topological polar surface area (TPSA) is 96.0 Å². The summed E-state index contributed by atoms with van der Waals surface area (Å²) < 4.78 is 35.1. The monoisotopic (exact) mass is 681 g/mol. The molecule has 0 aromatic heterocycles. The molecule has 0 aliphatic carbocycles. The fourth-order valence-corrected chi connectivity index (χ4v) is 6.57. The Kier molecular flexibility index (Phi) is 12.5. The number of para-hydroxylation sites is 1. The maximum Gasteiger partial charge on any atom is 0.264 e. The number of hydrogen-bond donors (Lipinski definition) is 1. The Hall–Kier alpha value is -4.05. The zero-order valence-corrected chi connectivity index (χ0v) is 28.1. The second-order valence-corrected chi connectivity index (χ2v) is 13.2. The molecule has 1 atom stereocenters. The zero-order chi connectivity index (χ0) is 33.1. The Morgan fingerprint density at radius 3 is 2.07 bits per heavy atom. The van der Waals surface area contributed by atoms with Gasteiger partial charge in [0.25, 0.3) is 10.0 Å².